The summed E-state index contributed by atoms with van der Waals surface area (Å²) in [7, 11) is 0. The molecule has 0 aromatic carbocycles. The summed E-state index contributed by atoms with van der Waals surface area (Å²) in [6.07, 6.45) is 4.57. The van der Waals surface area contributed by atoms with Crippen molar-refractivity contribution in [1.29, 1.82) is 0 Å². The summed E-state index contributed by atoms with van der Waals surface area (Å²) in [5.74, 6) is -0.555. The fourth-order valence-corrected chi connectivity index (χ4v) is 5.93. The maximum Gasteiger partial charge on any atom is 0.311 e. The summed E-state index contributed by atoms with van der Waals surface area (Å²) in [4.78, 5) is 13.0. The molecule has 2 saturated carbocycles. The third-order valence-electron chi connectivity index (χ3n) is 7.66. The predicted octanol–water partition coefficient (Wildman–Crippen LogP) is 6.60. The standard InChI is InChI=1S/C24H44O3/c1-12-16(2)18(25)26-24(20(3,4)5,21(6,7)8)27-19-22(9,10)17-13-14-23(19,11)15-17/h16-17,19H,12-15H2,1-11H3. The number of esters is 1. The minimum absolute atomic E-state index is 0.0898. The Hall–Kier alpha value is -0.570. The average Bonchev–Trinajstić information content (AvgIpc) is 2.97. The average molecular weight is 381 g/mol. The van der Waals surface area contributed by atoms with Crippen LogP contribution in [-0.2, 0) is 14.3 Å². The molecule has 2 fully saturated rings. The van der Waals surface area contributed by atoms with E-state index in [4.69, 9.17) is 9.47 Å². The van der Waals surface area contributed by atoms with Gasteiger partial charge < -0.3 is 9.47 Å². The van der Waals surface area contributed by atoms with E-state index in [0.29, 0.717) is 5.92 Å². The molecule has 158 valence electrons. The summed E-state index contributed by atoms with van der Waals surface area (Å²) in [5, 5.41) is 0. The molecule has 0 spiro atoms. The lowest BCUT2D eigenvalue weighted by Crippen LogP contribution is -2.62. The normalized spacial score (nSPS) is 31.8. The zero-order chi connectivity index (χ0) is 21.1. The summed E-state index contributed by atoms with van der Waals surface area (Å²) in [5.41, 5.74) is -0.429. The molecule has 0 heterocycles. The highest BCUT2D eigenvalue weighted by molar-refractivity contribution is 5.72. The van der Waals surface area contributed by atoms with E-state index in [-0.39, 0.29) is 39.7 Å². The number of carbonyl (C=O) groups is 1. The van der Waals surface area contributed by atoms with Crippen LogP contribution in [0, 0.1) is 33.5 Å². The van der Waals surface area contributed by atoms with Crippen molar-refractivity contribution in [2.75, 3.05) is 0 Å². The molecule has 4 unspecified atom stereocenters. The van der Waals surface area contributed by atoms with Gasteiger partial charge in [-0.3, -0.25) is 4.79 Å². The molecular weight excluding hydrogens is 336 g/mol. The summed E-state index contributed by atoms with van der Waals surface area (Å²) >= 11 is 0. The maximum atomic E-state index is 13.0. The molecule has 27 heavy (non-hydrogen) atoms. The fraction of sp³-hybridized carbons (Fsp3) is 0.958. The Bertz CT molecular complexity index is 544. The van der Waals surface area contributed by atoms with Gasteiger partial charge in [-0.1, -0.05) is 76.2 Å². The highest BCUT2D eigenvalue weighted by Gasteiger charge is 2.65. The van der Waals surface area contributed by atoms with E-state index in [1.807, 2.05) is 13.8 Å². The van der Waals surface area contributed by atoms with Crippen molar-refractivity contribution in [3.8, 4) is 0 Å². The van der Waals surface area contributed by atoms with Crippen LogP contribution in [0.5, 0.6) is 0 Å². The second kappa shape index (κ2) is 6.75. The van der Waals surface area contributed by atoms with E-state index in [9.17, 15) is 4.79 Å². The monoisotopic (exact) mass is 380 g/mol. The number of ether oxygens (including phenoxy) is 2. The topological polar surface area (TPSA) is 35.5 Å². The van der Waals surface area contributed by atoms with Gasteiger partial charge in [0.1, 0.15) is 0 Å². The Morgan fingerprint density at radius 3 is 1.96 bits per heavy atom. The third-order valence-corrected chi connectivity index (χ3v) is 7.66. The first-order chi connectivity index (χ1) is 12.0. The van der Waals surface area contributed by atoms with Crippen LogP contribution in [0.4, 0.5) is 0 Å². The van der Waals surface area contributed by atoms with Crippen LogP contribution in [0.2, 0.25) is 0 Å². The molecule has 0 amide bonds. The number of rotatable bonds is 5. The van der Waals surface area contributed by atoms with Gasteiger partial charge in [-0.15, -0.1) is 0 Å². The Morgan fingerprint density at radius 1 is 1.07 bits per heavy atom. The predicted molar refractivity (Wildman–Crippen MR) is 111 cm³/mol. The van der Waals surface area contributed by atoms with Crippen LogP contribution in [0.15, 0.2) is 0 Å². The molecular formula is C24H44O3. The molecule has 3 heteroatoms. The van der Waals surface area contributed by atoms with Gasteiger partial charge in [0.05, 0.1) is 12.0 Å². The van der Waals surface area contributed by atoms with Crippen molar-refractivity contribution in [2.24, 2.45) is 33.5 Å². The molecule has 0 saturated heterocycles. The van der Waals surface area contributed by atoms with Crippen LogP contribution in [0.1, 0.15) is 102 Å². The third kappa shape index (κ3) is 3.58. The molecule has 2 aliphatic carbocycles. The van der Waals surface area contributed by atoms with Crippen LogP contribution >= 0.6 is 0 Å². The molecule has 0 aromatic rings. The van der Waals surface area contributed by atoms with Crippen molar-refractivity contribution in [3.63, 3.8) is 0 Å². The van der Waals surface area contributed by atoms with Crippen LogP contribution < -0.4 is 0 Å². The second-order valence-corrected chi connectivity index (χ2v) is 12.3. The van der Waals surface area contributed by atoms with E-state index >= 15 is 0 Å². The lowest BCUT2D eigenvalue weighted by atomic mass is 9.67. The molecule has 2 rings (SSSR count). The number of hydrogen-bond donors (Lipinski definition) is 0. The highest BCUT2D eigenvalue weighted by Crippen LogP contribution is 2.65. The minimum Gasteiger partial charge on any atom is -0.432 e. The smallest absolute Gasteiger partial charge is 0.311 e. The zero-order valence-corrected chi connectivity index (χ0v) is 19.8. The molecule has 0 N–H and O–H groups in total. The molecule has 2 aliphatic rings. The number of hydrogen-bond acceptors (Lipinski definition) is 3. The van der Waals surface area contributed by atoms with Crippen molar-refractivity contribution in [3.05, 3.63) is 0 Å². The lowest BCUT2D eigenvalue weighted by molar-refractivity contribution is -0.357. The SMILES string of the molecule is CCC(C)C(=O)OC(OC1C2(C)CCC(C2)C1(C)C)(C(C)(C)C)C(C)(C)C. The Morgan fingerprint density at radius 2 is 1.59 bits per heavy atom. The lowest BCUT2D eigenvalue weighted by Gasteiger charge is -2.56. The maximum absolute atomic E-state index is 13.0. The van der Waals surface area contributed by atoms with Gasteiger partial charge in [0.25, 0.3) is 0 Å². The van der Waals surface area contributed by atoms with Crippen LogP contribution in [-0.4, -0.2) is 17.9 Å². The van der Waals surface area contributed by atoms with E-state index in [1.54, 1.807) is 0 Å². The van der Waals surface area contributed by atoms with Gasteiger partial charge in [-0.05, 0) is 42.4 Å². The number of fused-ring (bicyclic) bond motifs is 2. The second-order valence-electron chi connectivity index (χ2n) is 12.3. The highest BCUT2D eigenvalue weighted by atomic mass is 16.7. The first kappa shape index (κ1) is 22.7. The quantitative estimate of drug-likeness (QED) is 0.398. The Balaban J connectivity index is 2.51. The molecule has 0 aliphatic heterocycles. The first-order valence-corrected chi connectivity index (χ1v) is 10.9. The summed E-state index contributed by atoms with van der Waals surface area (Å²) < 4.78 is 13.5. The van der Waals surface area contributed by atoms with Crippen molar-refractivity contribution in [1.82, 2.24) is 0 Å². The number of carbonyl (C=O) groups excluding carboxylic acids is 1. The molecule has 4 atom stereocenters. The first-order valence-electron chi connectivity index (χ1n) is 10.9. The van der Waals surface area contributed by atoms with E-state index in [0.717, 1.165) is 6.42 Å². The van der Waals surface area contributed by atoms with Crippen LogP contribution in [0.3, 0.4) is 0 Å². The largest absolute Gasteiger partial charge is 0.432 e. The Kier molecular flexibility index (Phi) is 5.68. The van der Waals surface area contributed by atoms with Crippen molar-refractivity contribution >= 4 is 5.97 Å². The molecule has 0 radical (unpaired) electrons. The zero-order valence-electron chi connectivity index (χ0n) is 19.8. The van der Waals surface area contributed by atoms with E-state index in [2.05, 4.69) is 62.3 Å². The Labute approximate surface area is 168 Å². The molecule has 2 bridgehead atoms. The fourth-order valence-electron chi connectivity index (χ4n) is 5.93. The van der Waals surface area contributed by atoms with Crippen LogP contribution in [0.25, 0.3) is 0 Å². The van der Waals surface area contributed by atoms with E-state index < -0.39 is 5.79 Å². The van der Waals surface area contributed by atoms with Crippen molar-refractivity contribution < 1.29 is 14.3 Å². The van der Waals surface area contributed by atoms with Gasteiger partial charge >= 0.3 is 5.97 Å². The van der Waals surface area contributed by atoms with Gasteiger partial charge in [0, 0.05) is 10.8 Å². The van der Waals surface area contributed by atoms with Gasteiger partial charge in [0.2, 0.25) is 5.79 Å². The summed E-state index contributed by atoms with van der Waals surface area (Å²) in [6, 6.07) is 0. The molecule has 0 aromatic heterocycles. The van der Waals surface area contributed by atoms with E-state index in [1.165, 1.54) is 19.3 Å². The molecule has 3 nitrogen and oxygen atoms in total. The van der Waals surface area contributed by atoms with Gasteiger partial charge in [-0.2, -0.15) is 0 Å². The minimum atomic E-state index is -0.976. The summed E-state index contributed by atoms with van der Waals surface area (Å²) in [6.45, 7) is 23.9. The van der Waals surface area contributed by atoms with Gasteiger partial charge in [0.15, 0.2) is 0 Å². The van der Waals surface area contributed by atoms with Gasteiger partial charge in [-0.25, -0.2) is 0 Å². The van der Waals surface area contributed by atoms with Crippen molar-refractivity contribution in [2.45, 2.75) is 114 Å².